The van der Waals surface area contributed by atoms with E-state index >= 15 is 0 Å². The summed E-state index contributed by atoms with van der Waals surface area (Å²) in [4.78, 5) is 42.5. The van der Waals surface area contributed by atoms with E-state index in [9.17, 15) is 14.4 Å². The predicted octanol–water partition coefficient (Wildman–Crippen LogP) is 0.989. The van der Waals surface area contributed by atoms with Crippen LogP contribution in [0.15, 0.2) is 40.9 Å². The Kier molecular flexibility index (Phi) is 6.24. The quantitative estimate of drug-likeness (QED) is 0.618. The van der Waals surface area contributed by atoms with Crippen LogP contribution in [0.4, 0.5) is 4.79 Å². The Morgan fingerprint density at radius 1 is 1.16 bits per heavy atom. The fraction of sp³-hybridized carbons (Fsp3) is 0.455. The molecule has 2 aromatic rings. The molecule has 0 aliphatic carbocycles. The molecule has 1 atom stereocenters. The summed E-state index contributed by atoms with van der Waals surface area (Å²) in [6, 6.07) is 10.4. The minimum absolute atomic E-state index is 0.110. The number of carbonyl (C=O) groups is 3. The van der Waals surface area contributed by atoms with Crippen LogP contribution in [0.3, 0.4) is 0 Å². The summed E-state index contributed by atoms with van der Waals surface area (Å²) < 4.78 is 5.11. The van der Waals surface area contributed by atoms with Crippen LogP contribution in [-0.2, 0) is 21.7 Å². The number of hydrazine groups is 1. The maximum atomic E-state index is 13.1. The number of nitrogens with one attached hydrogen (secondary N) is 2. The van der Waals surface area contributed by atoms with Crippen molar-refractivity contribution in [3.05, 3.63) is 53.4 Å². The number of hydrogen-bond donors (Lipinski definition) is 2. The van der Waals surface area contributed by atoms with Gasteiger partial charge in [0, 0.05) is 38.8 Å². The molecule has 4 rings (SSSR count). The standard InChI is InChI=1S/C22H28N6O4/c1-3-22(17-7-5-4-6-8-17)20(30)28(21(31)23-22)24-19(29)15-27-11-9-26(10-12-27)14-18-13-16(2)32-25-18/h4-8,13H,3,9-12,14-15H2,1-2H3,(H,23,31)(H,24,29). The lowest BCUT2D eigenvalue weighted by atomic mass is 9.87. The molecule has 2 aliphatic heterocycles. The number of aromatic nitrogens is 1. The molecule has 4 amide bonds. The third kappa shape index (κ3) is 4.37. The highest BCUT2D eigenvalue weighted by atomic mass is 16.5. The van der Waals surface area contributed by atoms with E-state index in [1.54, 1.807) is 12.1 Å². The lowest BCUT2D eigenvalue weighted by Crippen LogP contribution is -2.53. The van der Waals surface area contributed by atoms with Crippen molar-refractivity contribution in [1.82, 2.24) is 30.7 Å². The van der Waals surface area contributed by atoms with E-state index in [0.717, 1.165) is 29.6 Å². The minimum Gasteiger partial charge on any atom is -0.361 e. The first-order chi connectivity index (χ1) is 15.4. The molecule has 10 nitrogen and oxygen atoms in total. The van der Waals surface area contributed by atoms with E-state index in [1.807, 2.05) is 43.0 Å². The van der Waals surface area contributed by atoms with Crippen LogP contribution in [-0.4, -0.2) is 70.5 Å². The van der Waals surface area contributed by atoms with Crippen LogP contribution >= 0.6 is 0 Å². The van der Waals surface area contributed by atoms with E-state index in [-0.39, 0.29) is 6.54 Å². The summed E-state index contributed by atoms with van der Waals surface area (Å²) in [6.45, 7) is 7.49. The first-order valence-corrected chi connectivity index (χ1v) is 10.8. The fourth-order valence-electron chi connectivity index (χ4n) is 4.23. The Labute approximate surface area is 186 Å². The van der Waals surface area contributed by atoms with E-state index in [0.29, 0.717) is 31.6 Å². The largest absolute Gasteiger partial charge is 0.361 e. The van der Waals surface area contributed by atoms with E-state index in [1.165, 1.54) is 0 Å². The Bertz CT molecular complexity index is 985. The van der Waals surface area contributed by atoms with Crippen molar-refractivity contribution in [2.75, 3.05) is 32.7 Å². The second-order valence-corrected chi connectivity index (χ2v) is 8.21. The Morgan fingerprint density at radius 3 is 2.47 bits per heavy atom. The van der Waals surface area contributed by atoms with Gasteiger partial charge in [0.05, 0.1) is 12.2 Å². The summed E-state index contributed by atoms with van der Waals surface area (Å²) >= 11 is 0. The monoisotopic (exact) mass is 440 g/mol. The van der Waals surface area contributed by atoms with Crippen molar-refractivity contribution in [2.45, 2.75) is 32.4 Å². The average Bonchev–Trinajstić information content (AvgIpc) is 3.31. The Hall–Kier alpha value is -3.24. The zero-order valence-electron chi connectivity index (χ0n) is 18.3. The molecule has 2 saturated heterocycles. The molecule has 1 aromatic heterocycles. The summed E-state index contributed by atoms with van der Waals surface area (Å²) in [7, 11) is 0. The summed E-state index contributed by atoms with van der Waals surface area (Å²) in [5.41, 5.74) is 2.91. The maximum absolute atomic E-state index is 13.1. The van der Waals surface area contributed by atoms with Gasteiger partial charge in [-0.2, -0.15) is 5.01 Å². The number of urea groups is 1. The minimum atomic E-state index is -1.17. The van der Waals surface area contributed by atoms with Gasteiger partial charge in [0.25, 0.3) is 11.8 Å². The number of imide groups is 1. The highest BCUT2D eigenvalue weighted by Crippen LogP contribution is 2.31. The smallest absolute Gasteiger partial charge is 0.344 e. The number of piperazine rings is 1. The van der Waals surface area contributed by atoms with Crippen molar-refractivity contribution in [1.29, 1.82) is 0 Å². The van der Waals surface area contributed by atoms with Gasteiger partial charge < -0.3 is 9.84 Å². The first-order valence-electron chi connectivity index (χ1n) is 10.8. The lowest BCUT2D eigenvalue weighted by molar-refractivity contribution is -0.140. The number of amides is 4. The molecule has 10 heteroatoms. The second-order valence-electron chi connectivity index (χ2n) is 8.21. The molecule has 2 fully saturated rings. The molecular formula is C22H28N6O4. The SMILES string of the molecule is CCC1(c2ccccc2)NC(=O)N(NC(=O)CN2CCN(Cc3cc(C)on3)CC2)C1=O. The third-order valence-corrected chi connectivity index (χ3v) is 6.02. The number of nitrogens with zero attached hydrogens (tertiary/aromatic N) is 4. The van der Waals surface area contributed by atoms with Crippen LogP contribution in [0, 0.1) is 6.92 Å². The molecule has 2 N–H and O–H groups in total. The van der Waals surface area contributed by atoms with Crippen LogP contribution in [0.5, 0.6) is 0 Å². The van der Waals surface area contributed by atoms with E-state index in [4.69, 9.17) is 4.52 Å². The number of aryl methyl sites for hydroxylation is 1. The number of hydrogen-bond acceptors (Lipinski definition) is 7. The molecule has 1 aromatic carbocycles. The number of rotatable bonds is 7. The van der Waals surface area contributed by atoms with E-state index < -0.39 is 23.4 Å². The average molecular weight is 441 g/mol. The molecule has 2 aliphatic rings. The molecule has 3 heterocycles. The van der Waals surface area contributed by atoms with Gasteiger partial charge in [0.15, 0.2) is 0 Å². The van der Waals surface area contributed by atoms with Gasteiger partial charge in [-0.1, -0.05) is 42.4 Å². The first kappa shape index (κ1) is 22.0. The van der Waals surface area contributed by atoms with Crippen LogP contribution in [0.2, 0.25) is 0 Å². The molecular weight excluding hydrogens is 412 g/mol. The number of carbonyl (C=O) groups excluding carboxylic acids is 3. The second kappa shape index (κ2) is 9.09. The number of benzene rings is 1. The van der Waals surface area contributed by atoms with Crippen molar-refractivity contribution in [3.8, 4) is 0 Å². The maximum Gasteiger partial charge on any atom is 0.344 e. The lowest BCUT2D eigenvalue weighted by Gasteiger charge is -2.34. The van der Waals surface area contributed by atoms with Gasteiger partial charge in [0.1, 0.15) is 11.3 Å². The normalized spacial score (nSPS) is 22.2. The third-order valence-electron chi connectivity index (χ3n) is 6.02. The summed E-state index contributed by atoms with van der Waals surface area (Å²) in [6.07, 6.45) is 0.376. The van der Waals surface area contributed by atoms with Gasteiger partial charge >= 0.3 is 6.03 Å². The zero-order chi connectivity index (χ0) is 22.7. The molecule has 170 valence electrons. The summed E-state index contributed by atoms with van der Waals surface area (Å²) in [5, 5.41) is 7.59. The van der Waals surface area contributed by atoms with Gasteiger partial charge in [-0.25, -0.2) is 4.79 Å². The topological polar surface area (TPSA) is 111 Å². The Balaban J connectivity index is 1.30. The highest BCUT2D eigenvalue weighted by Gasteiger charge is 2.52. The molecule has 32 heavy (non-hydrogen) atoms. The molecule has 0 saturated carbocycles. The predicted molar refractivity (Wildman–Crippen MR) is 115 cm³/mol. The van der Waals surface area contributed by atoms with Crippen LogP contribution < -0.4 is 10.7 Å². The van der Waals surface area contributed by atoms with Crippen molar-refractivity contribution in [3.63, 3.8) is 0 Å². The molecule has 0 bridgehead atoms. The fourth-order valence-corrected chi connectivity index (χ4v) is 4.23. The highest BCUT2D eigenvalue weighted by molar-refractivity contribution is 6.08. The Morgan fingerprint density at radius 2 is 1.84 bits per heavy atom. The molecule has 0 radical (unpaired) electrons. The zero-order valence-corrected chi connectivity index (χ0v) is 18.3. The van der Waals surface area contributed by atoms with Gasteiger partial charge in [-0.3, -0.25) is 24.8 Å². The van der Waals surface area contributed by atoms with Crippen molar-refractivity contribution in [2.24, 2.45) is 0 Å². The van der Waals surface area contributed by atoms with Crippen molar-refractivity contribution < 1.29 is 18.9 Å². The van der Waals surface area contributed by atoms with Crippen molar-refractivity contribution >= 4 is 17.8 Å². The van der Waals surface area contributed by atoms with Crippen LogP contribution in [0.25, 0.3) is 0 Å². The van der Waals surface area contributed by atoms with Gasteiger partial charge in [0.2, 0.25) is 0 Å². The van der Waals surface area contributed by atoms with E-state index in [2.05, 4.69) is 20.8 Å². The molecule has 1 unspecified atom stereocenters. The van der Waals surface area contributed by atoms with Gasteiger partial charge in [-0.05, 0) is 18.9 Å². The van der Waals surface area contributed by atoms with Gasteiger partial charge in [-0.15, -0.1) is 0 Å². The molecule has 0 spiro atoms. The van der Waals surface area contributed by atoms with Crippen LogP contribution in [0.1, 0.15) is 30.4 Å². The summed E-state index contributed by atoms with van der Waals surface area (Å²) in [5.74, 6) is -0.0820.